The second kappa shape index (κ2) is 6.83. The number of thiazole rings is 1. The van der Waals surface area contributed by atoms with Crippen LogP contribution in [0.15, 0.2) is 29.6 Å². The van der Waals surface area contributed by atoms with Crippen molar-refractivity contribution in [3.05, 3.63) is 51.5 Å². The van der Waals surface area contributed by atoms with Crippen LogP contribution in [0.5, 0.6) is 0 Å². The van der Waals surface area contributed by atoms with E-state index in [1.54, 1.807) is 11.3 Å². The molecule has 1 aromatic carbocycles. The molecule has 1 heterocycles. The molecule has 0 radical (unpaired) electrons. The highest BCUT2D eigenvalue weighted by Gasteiger charge is 2.04. The van der Waals surface area contributed by atoms with E-state index >= 15 is 0 Å². The maximum Gasteiger partial charge on any atom is 0.0941 e. The molecular weight excluding hydrogens is 252 g/mol. The van der Waals surface area contributed by atoms with Gasteiger partial charge in [-0.3, -0.25) is 0 Å². The zero-order valence-electron chi connectivity index (χ0n) is 11.9. The monoisotopic (exact) mass is 274 g/mol. The zero-order chi connectivity index (χ0) is 13.7. The number of hydrogen-bond donors (Lipinski definition) is 1. The summed E-state index contributed by atoms with van der Waals surface area (Å²) < 4.78 is 0. The van der Waals surface area contributed by atoms with Crippen molar-refractivity contribution in [1.82, 2.24) is 10.3 Å². The van der Waals surface area contributed by atoms with E-state index in [0.717, 1.165) is 19.5 Å². The zero-order valence-corrected chi connectivity index (χ0v) is 12.8. The highest BCUT2D eigenvalue weighted by atomic mass is 32.1. The number of hydrogen-bond acceptors (Lipinski definition) is 3. The SMILES string of the molecule is Cc1ccc(CNCCc2nc(C(C)C)cs2)cc1. The summed E-state index contributed by atoms with van der Waals surface area (Å²) in [6.45, 7) is 8.41. The summed E-state index contributed by atoms with van der Waals surface area (Å²) in [5.41, 5.74) is 3.87. The van der Waals surface area contributed by atoms with Gasteiger partial charge < -0.3 is 5.32 Å². The fourth-order valence-electron chi connectivity index (χ4n) is 1.84. The van der Waals surface area contributed by atoms with E-state index in [2.05, 4.69) is 60.7 Å². The summed E-state index contributed by atoms with van der Waals surface area (Å²) in [5, 5.41) is 6.89. The molecule has 2 nitrogen and oxygen atoms in total. The summed E-state index contributed by atoms with van der Waals surface area (Å²) in [6, 6.07) is 8.69. The van der Waals surface area contributed by atoms with Gasteiger partial charge in [0, 0.05) is 24.9 Å². The summed E-state index contributed by atoms with van der Waals surface area (Å²) >= 11 is 1.77. The minimum Gasteiger partial charge on any atom is -0.312 e. The standard InChI is InChI=1S/C16H22N2S/c1-12(2)15-11-19-16(18-15)8-9-17-10-14-6-4-13(3)5-7-14/h4-7,11-12,17H,8-10H2,1-3H3. The van der Waals surface area contributed by atoms with E-state index in [1.165, 1.54) is 21.8 Å². The Labute approximate surface area is 119 Å². The first-order valence-electron chi connectivity index (χ1n) is 6.85. The molecule has 102 valence electrons. The van der Waals surface area contributed by atoms with Crippen molar-refractivity contribution in [1.29, 1.82) is 0 Å². The molecule has 0 aliphatic heterocycles. The Hall–Kier alpha value is -1.19. The van der Waals surface area contributed by atoms with Crippen LogP contribution in [0.4, 0.5) is 0 Å². The highest BCUT2D eigenvalue weighted by molar-refractivity contribution is 7.09. The molecule has 2 rings (SSSR count). The molecule has 3 heteroatoms. The Morgan fingerprint density at radius 3 is 2.58 bits per heavy atom. The highest BCUT2D eigenvalue weighted by Crippen LogP contribution is 2.17. The maximum atomic E-state index is 4.64. The molecule has 0 spiro atoms. The van der Waals surface area contributed by atoms with E-state index in [0.29, 0.717) is 5.92 Å². The van der Waals surface area contributed by atoms with Crippen molar-refractivity contribution in [2.45, 2.75) is 39.7 Å². The predicted octanol–water partition coefficient (Wildman–Crippen LogP) is 3.91. The number of nitrogens with one attached hydrogen (secondary N) is 1. The molecule has 1 N–H and O–H groups in total. The summed E-state index contributed by atoms with van der Waals surface area (Å²) in [4.78, 5) is 4.64. The third-order valence-electron chi connectivity index (χ3n) is 3.13. The summed E-state index contributed by atoms with van der Waals surface area (Å²) in [6.07, 6.45) is 1.02. The normalized spacial score (nSPS) is 11.2. The van der Waals surface area contributed by atoms with Crippen LogP contribution in [-0.4, -0.2) is 11.5 Å². The molecule has 2 aromatic rings. The van der Waals surface area contributed by atoms with Crippen LogP contribution >= 0.6 is 11.3 Å². The molecule has 0 saturated heterocycles. The van der Waals surface area contributed by atoms with Gasteiger partial charge in [-0.05, 0) is 18.4 Å². The summed E-state index contributed by atoms with van der Waals surface area (Å²) in [7, 11) is 0. The van der Waals surface area contributed by atoms with Crippen LogP contribution in [-0.2, 0) is 13.0 Å². The maximum absolute atomic E-state index is 4.64. The number of benzene rings is 1. The van der Waals surface area contributed by atoms with Crippen LogP contribution in [0.1, 0.15) is 41.6 Å². The molecule has 0 amide bonds. The van der Waals surface area contributed by atoms with E-state index < -0.39 is 0 Å². The fourth-order valence-corrected chi connectivity index (χ4v) is 2.80. The molecule has 0 bridgehead atoms. The third kappa shape index (κ3) is 4.44. The minimum atomic E-state index is 0.533. The van der Waals surface area contributed by atoms with E-state index in [1.807, 2.05) is 0 Å². The molecule has 0 atom stereocenters. The molecule has 19 heavy (non-hydrogen) atoms. The van der Waals surface area contributed by atoms with Crippen molar-refractivity contribution in [3.63, 3.8) is 0 Å². The number of nitrogens with zero attached hydrogens (tertiary/aromatic N) is 1. The van der Waals surface area contributed by atoms with E-state index in [4.69, 9.17) is 0 Å². The molecule has 0 aliphatic rings. The lowest BCUT2D eigenvalue weighted by Gasteiger charge is -2.04. The third-order valence-corrected chi connectivity index (χ3v) is 4.05. The van der Waals surface area contributed by atoms with Crippen LogP contribution in [0.25, 0.3) is 0 Å². The molecule has 1 aromatic heterocycles. The largest absolute Gasteiger partial charge is 0.312 e. The topological polar surface area (TPSA) is 24.9 Å². The summed E-state index contributed by atoms with van der Waals surface area (Å²) in [5.74, 6) is 0.533. The molecule has 0 fully saturated rings. The Balaban J connectivity index is 1.72. The van der Waals surface area contributed by atoms with Crippen molar-refractivity contribution in [3.8, 4) is 0 Å². The van der Waals surface area contributed by atoms with E-state index in [9.17, 15) is 0 Å². The molecule has 0 aliphatic carbocycles. The number of aryl methyl sites for hydroxylation is 1. The van der Waals surface area contributed by atoms with Gasteiger partial charge in [-0.25, -0.2) is 4.98 Å². The lowest BCUT2D eigenvalue weighted by molar-refractivity contribution is 0.682. The van der Waals surface area contributed by atoms with Gasteiger partial charge in [-0.1, -0.05) is 43.7 Å². The first-order chi connectivity index (χ1) is 9.15. The van der Waals surface area contributed by atoms with Gasteiger partial charge in [0.1, 0.15) is 0 Å². The fraction of sp³-hybridized carbons (Fsp3) is 0.438. The number of rotatable bonds is 6. The molecular formula is C16H22N2S. The van der Waals surface area contributed by atoms with Gasteiger partial charge in [0.15, 0.2) is 0 Å². The second-order valence-corrected chi connectivity index (χ2v) is 6.18. The van der Waals surface area contributed by atoms with Gasteiger partial charge in [0.2, 0.25) is 0 Å². The van der Waals surface area contributed by atoms with Crippen molar-refractivity contribution in [2.24, 2.45) is 0 Å². The van der Waals surface area contributed by atoms with Crippen molar-refractivity contribution >= 4 is 11.3 Å². The van der Waals surface area contributed by atoms with Crippen LogP contribution in [0, 0.1) is 6.92 Å². The molecule has 0 saturated carbocycles. The van der Waals surface area contributed by atoms with Crippen molar-refractivity contribution in [2.75, 3.05) is 6.54 Å². The van der Waals surface area contributed by atoms with Gasteiger partial charge in [-0.15, -0.1) is 11.3 Å². The predicted molar refractivity (Wildman–Crippen MR) is 82.8 cm³/mol. The lowest BCUT2D eigenvalue weighted by atomic mass is 10.1. The lowest BCUT2D eigenvalue weighted by Crippen LogP contribution is -2.16. The Morgan fingerprint density at radius 2 is 1.95 bits per heavy atom. The van der Waals surface area contributed by atoms with Crippen LogP contribution in [0.2, 0.25) is 0 Å². The van der Waals surface area contributed by atoms with Gasteiger partial charge >= 0.3 is 0 Å². The Kier molecular flexibility index (Phi) is 5.11. The van der Waals surface area contributed by atoms with Crippen molar-refractivity contribution < 1.29 is 0 Å². The first kappa shape index (κ1) is 14.2. The average Bonchev–Trinajstić information content (AvgIpc) is 2.86. The van der Waals surface area contributed by atoms with Gasteiger partial charge in [0.25, 0.3) is 0 Å². The molecule has 0 unspecified atom stereocenters. The Bertz CT molecular complexity index is 500. The smallest absolute Gasteiger partial charge is 0.0941 e. The van der Waals surface area contributed by atoms with Crippen LogP contribution in [0.3, 0.4) is 0 Å². The quantitative estimate of drug-likeness (QED) is 0.808. The van der Waals surface area contributed by atoms with E-state index in [-0.39, 0.29) is 0 Å². The van der Waals surface area contributed by atoms with Gasteiger partial charge in [-0.2, -0.15) is 0 Å². The minimum absolute atomic E-state index is 0.533. The van der Waals surface area contributed by atoms with Crippen LogP contribution < -0.4 is 5.32 Å². The Morgan fingerprint density at radius 1 is 1.21 bits per heavy atom. The van der Waals surface area contributed by atoms with Gasteiger partial charge in [0.05, 0.1) is 10.7 Å². The first-order valence-corrected chi connectivity index (χ1v) is 7.73. The second-order valence-electron chi connectivity index (χ2n) is 5.23. The average molecular weight is 274 g/mol. The number of aromatic nitrogens is 1.